The molecule has 0 fully saturated rings. The Morgan fingerprint density at radius 1 is 1.44 bits per heavy atom. The summed E-state index contributed by atoms with van der Waals surface area (Å²) < 4.78 is 7.93. The lowest BCUT2D eigenvalue weighted by Gasteiger charge is -2.17. The summed E-state index contributed by atoms with van der Waals surface area (Å²) in [5.41, 5.74) is 1.73. The maximum atomic E-state index is 12.7. The molecule has 0 bridgehead atoms. The summed E-state index contributed by atoms with van der Waals surface area (Å²) in [7, 11) is 0. The number of halogens is 1. The molecule has 10 heteroatoms. The van der Waals surface area contributed by atoms with E-state index < -0.39 is 0 Å². The number of nitrogens with zero attached hydrogens (tertiary/aromatic N) is 4. The fourth-order valence-corrected chi connectivity index (χ4v) is 6.41. The number of carbonyl (C=O) groups excluding carboxylic acids is 1. The normalized spacial score (nSPS) is 15.9. The number of ether oxygens (including phenoxy) is 1. The van der Waals surface area contributed by atoms with Crippen molar-refractivity contribution in [3.05, 3.63) is 51.1 Å². The first-order valence-electron chi connectivity index (χ1n) is 11.2. The van der Waals surface area contributed by atoms with Gasteiger partial charge < -0.3 is 14.6 Å². The average Bonchev–Trinajstić information content (AvgIpc) is 3.38. The van der Waals surface area contributed by atoms with Crippen LogP contribution < -0.4 is 10.1 Å². The van der Waals surface area contributed by atoms with Gasteiger partial charge in [-0.25, -0.2) is 0 Å². The van der Waals surface area contributed by atoms with Crippen molar-refractivity contribution in [3.63, 3.8) is 0 Å². The Kier molecular flexibility index (Phi) is 7.81. The third-order valence-electron chi connectivity index (χ3n) is 5.77. The number of thiophene rings is 1. The van der Waals surface area contributed by atoms with Gasteiger partial charge in [0.2, 0.25) is 5.91 Å². The molecule has 1 aliphatic carbocycles. The molecule has 34 heavy (non-hydrogen) atoms. The van der Waals surface area contributed by atoms with Gasteiger partial charge in [0, 0.05) is 11.4 Å². The summed E-state index contributed by atoms with van der Waals surface area (Å²) in [6.45, 7) is 6.75. The maximum absolute atomic E-state index is 12.7. The lowest BCUT2D eigenvalue weighted by Crippen LogP contribution is -2.15. The van der Waals surface area contributed by atoms with Crippen LogP contribution in [0.3, 0.4) is 0 Å². The zero-order valence-corrected chi connectivity index (χ0v) is 21.7. The van der Waals surface area contributed by atoms with Crippen LogP contribution in [-0.4, -0.2) is 26.4 Å². The number of fused-ring (bicyclic) bond motifs is 1. The fraction of sp³-hybridized carbons (Fsp3) is 0.417. The summed E-state index contributed by atoms with van der Waals surface area (Å²) in [4.78, 5) is 13.9. The Bertz CT molecular complexity index is 1230. The van der Waals surface area contributed by atoms with Gasteiger partial charge in [0.1, 0.15) is 16.8 Å². The molecule has 3 aromatic rings. The van der Waals surface area contributed by atoms with E-state index in [4.69, 9.17) is 16.3 Å². The van der Waals surface area contributed by atoms with Gasteiger partial charge in [0.15, 0.2) is 17.1 Å². The SMILES string of the molecule is CCn1c(SCC(=O)Nc2sc3c(c2C#N)CCC(C)C3)nnc1C(C)Oc1ccccc1Cl. The quantitative estimate of drug-likeness (QED) is 0.376. The van der Waals surface area contributed by atoms with Crippen LogP contribution in [0.2, 0.25) is 5.02 Å². The van der Waals surface area contributed by atoms with Crippen LogP contribution in [0.4, 0.5) is 5.00 Å². The second kappa shape index (κ2) is 10.8. The number of para-hydroxylation sites is 1. The highest BCUT2D eigenvalue weighted by Crippen LogP contribution is 2.39. The Labute approximate surface area is 212 Å². The number of aromatic nitrogens is 3. The number of benzene rings is 1. The lowest BCUT2D eigenvalue weighted by atomic mass is 9.89. The number of anilines is 1. The second-order valence-corrected chi connectivity index (χ2v) is 10.7. The summed E-state index contributed by atoms with van der Waals surface area (Å²) in [5, 5.41) is 23.0. The first-order chi connectivity index (χ1) is 16.4. The molecule has 2 heterocycles. The molecule has 1 amide bonds. The fourth-order valence-electron chi connectivity index (χ4n) is 4.04. The van der Waals surface area contributed by atoms with E-state index in [9.17, 15) is 10.1 Å². The van der Waals surface area contributed by atoms with Crippen molar-refractivity contribution >= 4 is 45.6 Å². The predicted octanol–water partition coefficient (Wildman–Crippen LogP) is 5.88. The number of nitrogens with one attached hydrogen (secondary N) is 1. The van der Waals surface area contributed by atoms with E-state index in [1.54, 1.807) is 6.07 Å². The van der Waals surface area contributed by atoms with E-state index in [2.05, 4.69) is 28.5 Å². The molecular formula is C24H26ClN5O2S2. The molecule has 7 nitrogen and oxygen atoms in total. The highest BCUT2D eigenvalue weighted by atomic mass is 35.5. The monoisotopic (exact) mass is 515 g/mol. The van der Waals surface area contributed by atoms with Gasteiger partial charge in [0.25, 0.3) is 0 Å². The molecule has 0 saturated carbocycles. The van der Waals surface area contributed by atoms with Crippen LogP contribution in [0.5, 0.6) is 5.75 Å². The first-order valence-corrected chi connectivity index (χ1v) is 13.4. The van der Waals surface area contributed by atoms with Crippen molar-refractivity contribution in [2.45, 2.75) is 57.8 Å². The second-order valence-electron chi connectivity index (χ2n) is 8.28. The maximum Gasteiger partial charge on any atom is 0.235 e. The molecule has 4 rings (SSSR count). The molecule has 1 aliphatic rings. The minimum Gasteiger partial charge on any atom is -0.481 e. The highest BCUT2D eigenvalue weighted by Gasteiger charge is 2.25. The Hall–Kier alpha value is -2.54. The van der Waals surface area contributed by atoms with E-state index >= 15 is 0 Å². The number of amides is 1. The lowest BCUT2D eigenvalue weighted by molar-refractivity contribution is -0.113. The average molecular weight is 516 g/mol. The number of carbonyl (C=O) groups is 1. The number of rotatable bonds is 8. The van der Waals surface area contributed by atoms with Gasteiger partial charge in [-0.1, -0.05) is 42.4 Å². The predicted molar refractivity (Wildman–Crippen MR) is 136 cm³/mol. The largest absolute Gasteiger partial charge is 0.481 e. The molecule has 0 saturated heterocycles. The van der Waals surface area contributed by atoms with Crippen LogP contribution in [0.15, 0.2) is 29.4 Å². The molecule has 2 aromatic heterocycles. The zero-order chi connectivity index (χ0) is 24.2. The minimum absolute atomic E-state index is 0.166. The molecule has 2 unspecified atom stereocenters. The first kappa shape index (κ1) is 24.6. The number of hydrogen-bond acceptors (Lipinski definition) is 7. The highest BCUT2D eigenvalue weighted by molar-refractivity contribution is 7.99. The number of thioether (sulfide) groups is 1. The van der Waals surface area contributed by atoms with Crippen LogP contribution >= 0.6 is 34.7 Å². The van der Waals surface area contributed by atoms with Gasteiger partial charge in [-0.05, 0) is 56.7 Å². The molecule has 178 valence electrons. The Morgan fingerprint density at radius 2 is 2.24 bits per heavy atom. The molecule has 1 N–H and O–H groups in total. The topological polar surface area (TPSA) is 92.8 Å². The summed E-state index contributed by atoms with van der Waals surface area (Å²) in [5.74, 6) is 1.85. The standard InChI is InChI=1S/C24H26ClN5O2S2/c1-4-30-22(15(3)32-19-8-6-5-7-18(19)25)28-29-24(30)33-13-21(31)27-23-17(12-26)16-10-9-14(2)11-20(16)34-23/h5-8,14-15H,4,9-11,13H2,1-3H3,(H,27,31). The van der Waals surface area contributed by atoms with Crippen molar-refractivity contribution in [1.29, 1.82) is 5.26 Å². The van der Waals surface area contributed by atoms with Crippen molar-refractivity contribution in [2.24, 2.45) is 5.92 Å². The Balaban J connectivity index is 1.41. The van der Waals surface area contributed by atoms with E-state index in [0.29, 0.717) is 44.8 Å². The van der Waals surface area contributed by atoms with E-state index in [-0.39, 0.29) is 17.8 Å². The molecule has 1 aromatic carbocycles. The molecule has 0 aliphatic heterocycles. The zero-order valence-electron chi connectivity index (χ0n) is 19.3. The van der Waals surface area contributed by atoms with Crippen molar-refractivity contribution in [1.82, 2.24) is 14.8 Å². The van der Waals surface area contributed by atoms with Gasteiger partial charge in [-0.3, -0.25) is 4.79 Å². The molecule has 2 atom stereocenters. The summed E-state index contributed by atoms with van der Waals surface area (Å²) in [6, 6.07) is 9.59. The van der Waals surface area contributed by atoms with E-state index in [1.807, 2.05) is 36.6 Å². The third-order valence-corrected chi connectivity index (χ3v) is 8.22. The van der Waals surface area contributed by atoms with E-state index in [1.165, 1.54) is 28.0 Å². The smallest absolute Gasteiger partial charge is 0.235 e. The molecule has 0 radical (unpaired) electrons. The number of nitriles is 1. The van der Waals surface area contributed by atoms with Gasteiger partial charge in [-0.2, -0.15) is 5.26 Å². The van der Waals surface area contributed by atoms with Crippen LogP contribution in [0, 0.1) is 17.2 Å². The molecular weight excluding hydrogens is 490 g/mol. The summed E-state index contributed by atoms with van der Waals surface area (Å²) >= 11 is 9.06. The van der Waals surface area contributed by atoms with Gasteiger partial charge >= 0.3 is 0 Å². The van der Waals surface area contributed by atoms with E-state index in [0.717, 1.165) is 24.8 Å². The van der Waals surface area contributed by atoms with Gasteiger partial charge in [-0.15, -0.1) is 21.5 Å². The third kappa shape index (κ3) is 5.24. The number of hydrogen-bond donors (Lipinski definition) is 1. The van der Waals surface area contributed by atoms with Crippen LogP contribution in [0.1, 0.15) is 55.1 Å². The Morgan fingerprint density at radius 3 is 2.97 bits per heavy atom. The van der Waals surface area contributed by atoms with Crippen LogP contribution in [-0.2, 0) is 24.2 Å². The van der Waals surface area contributed by atoms with Crippen molar-refractivity contribution in [3.8, 4) is 11.8 Å². The minimum atomic E-state index is -0.367. The van der Waals surface area contributed by atoms with Crippen LogP contribution in [0.25, 0.3) is 0 Å². The van der Waals surface area contributed by atoms with Crippen molar-refractivity contribution in [2.75, 3.05) is 11.1 Å². The molecule has 0 spiro atoms. The summed E-state index contributed by atoms with van der Waals surface area (Å²) in [6.07, 6.45) is 2.58. The van der Waals surface area contributed by atoms with Crippen molar-refractivity contribution < 1.29 is 9.53 Å². The van der Waals surface area contributed by atoms with Gasteiger partial charge in [0.05, 0.1) is 16.3 Å².